The molecule has 3 heteroatoms. The molecule has 1 heterocycles. The maximum Gasteiger partial charge on any atom is 0.0547 e. The van der Waals surface area contributed by atoms with Crippen LogP contribution in [-0.2, 0) is 12.8 Å². The van der Waals surface area contributed by atoms with E-state index in [9.17, 15) is 0 Å². The second-order valence-electron chi connectivity index (χ2n) is 2.38. The van der Waals surface area contributed by atoms with Crippen molar-refractivity contribution < 1.29 is 0 Å². The van der Waals surface area contributed by atoms with E-state index in [0.29, 0.717) is 6.54 Å². The van der Waals surface area contributed by atoms with E-state index >= 15 is 0 Å². The van der Waals surface area contributed by atoms with Gasteiger partial charge in [-0.15, -0.1) is 11.3 Å². The zero-order valence-electron chi connectivity index (χ0n) is 6.56. The Balaban J connectivity index is 2.77. The molecule has 2 N–H and O–H groups in total. The third-order valence-corrected chi connectivity index (χ3v) is 3.31. The van der Waals surface area contributed by atoms with Crippen LogP contribution in [0.3, 0.4) is 0 Å². The average molecular weight is 190 g/mol. The van der Waals surface area contributed by atoms with E-state index < -0.39 is 0 Å². The van der Waals surface area contributed by atoms with Gasteiger partial charge in [-0.3, -0.25) is 0 Å². The van der Waals surface area contributed by atoms with Crippen LogP contribution in [-0.4, -0.2) is 6.54 Å². The van der Waals surface area contributed by atoms with Gasteiger partial charge in [-0.25, -0.2) is 0 Å². The molecule has 0 radical (unpaired) electrons. The molecule has 1 rings (SSSR count). The molecule has 1 nitrogen and oxygen atoms in total. The van der Waals surface area contributed by atoms with E-state index in [1.54, 1.807) is 11.3 Å². The molecule has 0 unspecified atom stereocenters. The third kappa shape index (κ3) is 2.19. The molecular weight excluding hydrogens is 178 g/mol. The van der Waals surface area contributed by atoms with Gasteiger partial charge in [0.25, 0.3) is 0 Å². The molecule has 0 saturated heterocycles. The van der Waals surface area contributed by atoms with Crippen molar-refractivity contribution in [2.75, 3.05) is 6.54 Å². The summed E-state index contributed by atoms with van der Waals surface area (Å²) < 4.78 is 0. The van der Waals surface area contributed by atoms with Crippen molar-refractivity contribution in [3.05, 3.63) is 20.8 Å². The van der Waals surface area contributed by atoms with Crippen LogP contribution in [0.4, 0.5) is 0 Å². The minimum atomic E-state index is 0.708. The van der Waals surface area contributed by atoms with Crippen molar-refractivity contribution in [2.45, 2.75) is 19.8 Å². The fourth-order valence-corrected chi connectivity index (χ4v) is 2.42. The molecule has 1 aromatic rings. The van der Waals surface area contributed by atoms with Gasteiger partial charge in [0.1, 0.15) is 0 Å². The van der Waals surface area contributed by atoms with Gasteiger partial charge in [0.2, 0.25) is 0 Å². The van der Waals surface area contributed by atoms with Crippen LogP contribution in [0.15, 0.2) is 6.07 Å². The van der Waals surface area contributed by atoms with Gasteiger partial charge in [0.15, 0.2) is 0 Å². The Kier molecular flexibility index (Phi) is 3.37. The molecule has 0 aliphatic heterocycles. The Hall–Kier alpha value is -0.0500. The van der Waals surface area contributed by atoms with Crippen molar-refractivity contribution in [1.82, 2.24) is 0 Å². The largest absolute Gasteiger partial charge is 0.330 e. The van der Waals surface area contributed by atoms with Gasteiger partial charge in [-0.2, -0.15) is 0 Å². The molecule has 0 aliphatic carbocycles. The first-order chi connectivity index (χ1) is 5.27. The van der Waals surface area contributed by atoms with Gasteiger partial charge in [-0.05, 0) is 25.5 Å². The Morgan fingerprint density at radius 1 is 1.64 bits per heavy atom. The van der Waals surface area contributed by atoms with E-state index in [1.807, 2.05) is 6.07 Å². The molecule has 0 aromatic carbocycles. The number of aryl methyl sites for hydroxylation is 1. The molecule has 62 valence electrons. The summed E-state index contributed by atoms with van der Waals surface area (Å²) in [5.74, 6) is 0. The summed E-state index contributed by atoms with van der Waals surface area (Å²) in [5, 5.41) is 0.904. The van der Waals surface area contributed by atoms with Crippen LogP contribution in [0.25, 0.3) is 0 Å². The van der Waals surface area contributed by atoms with Crippen molar-refractivity contribution >= 4 is 22.9 Å². The van der Waals surface area contributed by atoms with Crippen LogP contribution in [0.1, 0.15) is 16.7 Å². The maximum absolute atomic E-state index is 5.95. The number of nitrogens with two attached hydrogens (primary N) is 1. The zero-order chi connectivity index (χ0) is 8.27. The lowest BCUT2D eigenvalue weighted by molar-refractivity contribution is 0.989. The molecule has 0 spiro atoms. The lowest BCUT2D eigenvalue weighted by atomic mass is 10.3. The Labute approximate surface area is 76.2 Å². The van der Waals surface area contributed by atoms with Crippen LogP contribution in [0.5, 0.6) is 0 Å². The fourth-order valence-electron chi connectivity index (χ4n) is 0.965. The molecule has 0 fully saturated rings. The summed E-state index contributed by atoms with van der Waals surface area (Å²) in [6, 6.07) is 2.03. The minimum Gasteiger partial charge on any atom is -0.330 e. The Morgan fingerprint density at radius 2 is 2.36 bits per heavy atom. The van der Waals surface area contributed by atoms with E-state index in [2.05, 4.69) is 6.92 Å². The SMILES string of the molecule is CCc1sc(CCN)cc1Cl. The molecule has 0 bridgehead atoms. The summed E-state index contributed by atoms with van der Waals surface area (Å²) in [7, 11) is 0. The van der Waals surface area contributed by atoms with Gasteiger partial charge in [0, 0.05) is 9.75 Å². The molecule has 11 heavy (non-hydrogen) atoms. The molecular formula is C8H12ClNS. The highest BCUT2D eigenvalue weighted by atomic mass is 35.5. The minimum absolute atomic E-state index is 0.708. The van der Waals surface area contributed by atoms with Gasteiger partial charge in [-0.1, -0.05) is 18.5 Å². The monoisotopic (exact) mass is 189 g/mol. The van der Waals surface area contributed by atoms with E-state index in [1.165, 1.54) is 9.75 Å². The third-order valence-electron chi connectivity index (χ3n) is 1.52. The summed E-state index contributed by atoms with van der Waals surface area (Å²) in [5.41, 5.74) is 5.42. The molecule has 0 aliphatic rings. The number of hydrogen-bond acceptors (Lipinski definition) is 2. The van der Waals surface area contributed by atoms with Crippen LogP contribution in [0, 0.1) is 0 Å². The Morgan fingerprint density at radius 3 is 2.82 bits per heavy atom. The standard InChI is InChI=1S/C8H12ClNS/c1-2-8-7(9)5-6(11-8)3-4-10/h5H,2-4,10H2,1H3. The van der Waals surface area contributed by atoms with Gasteiger partial charge < -0.3 is 5.73 Å². The van der Waals surface area contributed by atoms with Crippen LogP contribution < -0.4 is 5.73 Å². The number of thiophene rings is 1. The van der Waals surface area contributed by atoms with Gasteiger partial charge >= 0.3 is 0 Å². The summed E-state index contributed by atoms with van der Waals surface area (Å²) in [6.07, 6.45) is 1.97. The molecule has 0 amide bonds. The first kappa shape index (κ1) is 9.04. The first-order valence-corrected chi connectivity index (χ1v) is 4.94. The van der Waals surface area contributed by atoms with Crippen LogP contribution in [0.2, 0.25) is 5.02 Å². The highest BCUT2D eigenvalue weighted by Crippen LogP contribution is 2.27. The highest BCUT2D eigenvalue weighted by molar-refractivity contribution is 7.12. The second-order valence-corrected chi connectivity index (χ2v) is 4.00. The number of hydrogen-bond donors (Lipinski definition) is 1. The summed E-state index contributed by atoms with van der Waals surface area (Å²) >= 11 is 7.72. The predicted octanol–water partition coefficient (Wildman–Crippen LogP) is 2.47. The van der Waals surface area contributed by atoms with E-state index in [-0.39, 0.29) is 0 Å². The lowest BCUT2D eigenvalue weighted by Crippen LogP contribution is -2.00. The van der Waals surface area contributed by atoms with Crippen molar-refractivity contribution in [3.63, 3.8) is 0 Å². The number of rotatable bonds is 3. The van der Waals surface area contributed by atoms with Crippen molar-refractivity contribution in [1.29, 1.82) is 0 Å². The van der Waals surface area contributed by atoms with Gasteiger partial charge in [0.05, 0.1) is 5.02 Å². The quantitative estimate of drug-likeness (QED) is 0.777. The summed E-state index contributed by atoms with van der Waals surface area (Å²) in [4.78, 5) is 2.57. The molecule has 1 aromatic heterocycles. The Bertz CT molecular complexity index is 232. The van der Waals surface area contributed by atoms with E-state index in [0.717, 1.165) is 17.9 Å². The van der Waals surface area contributed by atoms with E-state index in [4.69, 9.17) is 17.3 Å². The lowest BCUT2D eigenvalue weighted by Gasteiger charge is -1.88. The van der Waals surface area contributed by atoms with Crippen LogP contribution >= 0.6 is 22.9 Å². The van der Waals surface area contributed by atoms with Crippen molar-refractivity contribution in [3.8, 4) is 0 Å². The van der Waals surface area contributed by atoms with Crippen molar-refractivity contribution in [2.24, 2.45) is 5.73 Å². The zero-order valence-corrected chi connectivity index (χ0v) is 8.13. The predicted molar refractivity (Wildman–Crippen MR) is 51.5 cm³/mol. The molecule has 0 saturated carbocycles. The fraction of sp³-hybridized carbons (Fsp3) is 0.500. The highest BCUT2D eigenvalue weighted by Gasteiger charge is 2.03. The number of halogens is 1. The topological polar surface area (TPSA) is 26.0 Å². The summed E-state index contributed by atoms with van der Waals surface area (Å²) in [6.45, 7) is 2.82. The normalized spacial score (nSPS) is 10.5. The smallest absolute Gasteiger partial charge is 0.0547 e. The second kappa shape index (κ2) is 4.10. The molecule has 0 atom stereocenters. The maximum atomic E-state index is 5.95. The first-order valence-electron chi connectivity index (χ1n) is 3.75. The average Bonchev–Trinajstić information content (AvgIpc) is 2.32.